The molecular formula is C57H57F2N3O9. The van der Waals surface area contributed by atoms with Crippen molar-refractivity contribution in [2.24, 2.45) is 23.7 Å². The molecule has 4 heterocycles. The predicted octanol–water partition coefficient (Wildman–Crippen LogP) is 11.6. The summed E-state index contributed by atoms with van der Waals surface area (Å²) in [7, 11) is 4.62. The number of benzene rings is 4. The van der Waals surface area contributed by atoms with E-state index in [1.165, 1.54) is 14.2 Å². The average molecular weight is 966 g/mol. The van der Waals surface area contributed by atoms with E-state index in [0.717, 1.165) is 65.4 Å². The summed E-state index contributed by atoms with van der Waals surface area (Å²) < 4.78 is 63.6. The van der Waals surface area contributed by atoms with Gasteiger partial charge in [0.25, 0.3) is 0 Å². The number of pyridine rings is 1. The number of methoxy groups -OCH3 is 3. The molecule has 2 aromatic heterocycles. The van der Waals surface area contributed by atoms with Crippen molar-refractivity contribution in [1.29, 1.82) is 0 Å². The number of carbonyl (C=O) groups is 2. The minimum absolute atomic E-state index is 0.0834. The quantitative estimate of drug-likeness (QED) is 0.0892. The summed E-state index contributed by atoms with van der Waals surface area (Å²) in [6, 6.07) is 22.7. The molecule has 0 amide bonds. The van der Waals surface area contributed by atoms with E-state index in [-0.39, 0.29) is 40.9 Å². The van der Waals surface area contributed by atoms with E-state index in [1.54, 1.807) is 51.6 Å². The number of hydrogen-bond acceptors (Lipinski definition) is 10. The lowest BCUT2D eigenvalue weighted by molar-refractivity contribution is -0.142. The van der Waals surface area contributed by atoms with Crippen LogP contribution in [0.4, 0.5) is 8.78 Å². The molecule has 4 aromatic carbocycles. The van der Waals surface area contributed by atoms with Crippen molar-refractivity contribution in [3.8, 4) is 45.5 Å². The fourth-order valence-electron chi connectivity index (χ4n) is 10.9. The molecule has 8 unspecified atom stereocenters. The number of carboxylic acids is 2. The molecular weight excluding hydrogens is 909 g/mol. The van der Waals surface area contributed by atoms with Crippen molar-refractivity contribution >= 4 is 11.9 Å². The number of carboxylic acid groups (broad SMARTS) is 2. The van der Waals surface area contributed by atoms with E-state index < -0.39 is 47.6 Å². The fraction of sp³-hybridized carbons (Fsp3) is 0.386. The Bertz CT molecular complexity index is 3000. The Kier molecular flexibility index (Phi) is 13.2. The number of aryl methyl sites for hydroxylation is 2. The van der Waals surface area contributed by atoms with Crippen LogP contribution < -0.4 is 18.9 Å². The Hall–Kier alpha value is -6.93. The van der Waals surface area contributed by atoms with E-state index in [1.807, 2.05) is 54.6 Å². The second-order valence-electron chi connectivity index (χ2n) is 19.7. The highest BCUT2D eigenvalue weighted by Gasteiger charge is 2.48. The maximum atomic E-state index is 17.1. The van der Waals surface area contributed by atoms with Crippen LogP contribution in [0.25, 0.3) is 22.4 Å². The molecule has 2 fully saturated rings. The highest BCUT2D eigenvalue weighted by Crippen LogP contribution is 2.58. The molecule has 71 heavy (non-hydrogen) atoms. The van der Waals surface area contributed by atoms with Crippen LogP contribution in [0.5, 0.6) is 23.1 Å². The number of fused-ring (bicyclic) bond motifs is 2. The van der Waals surface area contributed by atoms with Crippen molar-refractivity contribution in [3.05, 3.63) is 148 Å². The molecule has 0 bridgehead atoms. The predicted molar refractivity (Wildman–Crippen MR) is 260 cm³/mol. The second kappa shape index (κ2) is 19.7. The summed E-state index contributed by atoms with van der Waals surface area (Å²) in [5.74, 6) is -1.83. The van der Waals surface area contributed by atoms with Gasteiger partial charge in [-0.25, -0.2) is 13.8 Å². The number of aliphatic carboxylic acids is 2. The summed E-state index contributed by atoms with van der Waals surface area (Å²) in [4.78, 5) is 37.2. The monoisotopic (exact) mass is 965 g/mol. The number of aromatic nitrogens is 3. The van der Waals surface area contributed by atoms with Gasteiger partial charge in [0, 0.05) is 24.3 Å². The van der Waals surface area contributed by atoms with Gasteiger partial charge in [0.2, 0.25) is 5.88 Å². The third-order valence-corrected chi connectivity index (χ3v) is 15.1. The Morgan fingerprint density at radius 2 is 1.49 bits per heavy atom. The number of halogens is 2. The molecule has 368 valence electrons. The van der Waals surface area contributed by atoms with E-state index in [2.05, 4.69) is 4.98 Å². The fourth-order valence-corrected chi connectivity index (χ4v) is 10.9. The molecule has 2 aliphatic carbocycles. The van der Waals surface area contributed by atoms with Crippen LogP contribution in [-0.4, -0.2) is 58.4 Å². The first-order valence-corrected chi connectivity index (χ1v) is 24.4. The summed E-state index contributed by atoms with van der Waals surface area (Å²) in [6.45, 7) is 3.46. The van der Waals surface area contributed by atoms with Crippen molar-refractivity contribution in [3.63, 3.8) is 0 Å². The van der Waals surface area contributed by atoms with E-state index in [9.17, 15) is 19.8 Å². The zero-order valence-corrected chi connectivity index (χ0v) is 40.4. The van der Waals surface area contributed by atoms with Gasteiger partial charge in [0.1, 0.15) is 41.1 Å². The third-order valence-electron chi connectivity index (χ3n) is 15.1. The molecule has 2 saturated carbocycles. The number of nitrogens with zero attached hydrogens (tertiary/aromatic N) is 3. The highest BCUT2D eigenvalue weighted by molar-refractivity contribution is 5.72. The topological polar surface area (TPSA) is 159 Å². The standard InChI is InChI=1S/C57H57F2N3O9/c1-29(56(63)64)18-31-6-7-32-13-16-48(70-50(32)19-31)35-12-15-38(40-25-52(68-4)62-26-45(40)58)42(20-35)55(69-5)43-24-39(43)41-22-37(67-3)23-44(54(41)59)46-27-61-47(28-60-46)49-17-14-33-8-11-36(21-51(33)71-49)53(34-9-10-34)30(2)57(65)66/h6-8,11-12,15,19-23,25-30,34,39,43,48-49,53,55H,9-10,13-14,16-18,24H2,1-5H3,(H,63,64)(H,65,66). The van der Waals surface area contributed by atoms with Crippen LogP contribution in [0.15, 0.2) is 91.4 Å². The van der Waals surface area contributed by atoms with Crippen molar-refractivity contribution < 1.29 is 52.3 Å². The average Bonchev–Trinajstić information content (AvgIpc) is 4.34. The second-order valence-corrected chi connectivity index (χ2v) is 19.7. The van der Waals surface area contributed by atoms with Gasteiger partial charge in [0.15, 0.2) is 0 Å². The van der Waals surface area contributed by atoms with Crippen LogP contribution in [0, 0.1) is 35.3 Å². The third kappa shape index (κ3) is 9.66. The van der Waals surface area contributed by atoms with E-state index >= 15 is 8.78 Å². The normalized spacial score (nSPS) is 20.8. The number of hydrogen-bond donors (Lipinski definition) is 2. The summed E-state index contributed by atoms with van der Waals surface area (Å²) >= 11 is 0. The van der Waals surface area contributed by atoms with Crippen molar-refractivity contribution in [2.45, 2.75) is 95.4 Å². The number of rotatable bonds is 17. The summed E-state index contributed by atoms with van der Waals surface area (Å²) in [5, 5.41) is 19.4. The van der Waals surface area contributed by atoms with Crippen molar-refractivity contribution in [2.75, 3.05) is 21.3 Å². The Morgan fingerprint density at radius 3 is 2.18 bits per heavy atom. The first kappa shape index (κ1) is 47.7. The van der Waals surface area contributed by atoms with E-state index in [0.29, 0.717) is 71.2 Å². The lowest BCUT2D eigenvalue weighted by Gasteiger charge is -2.29. The van der Waals surface area contributed by atoms with Gasteiger partial charge in [-0.2, -0.15) is 0 Å². The van der Waals surface area contributed by atoms with Gasteiger partial charge in [-0.1, -0.05) is 50.2 Å². The molecule has 0 spiro atoms. The lowest BCUT2D eigenvalue weighted by Crippen LogP contribution is -2.21. The summed E-state index contributed by atoms with van der Waals surface area (Å²) in [6.07, 6.45) is 8.80. The largest absolute Gasteiger partial charge is 0.497 e. The SMILES string of the molecule is COc1cc(-c2cnc(C3CCc4ccc(C(C5CC5)C(C)C(=O)O)cc4O3)cn2)c(F)c(C2CC2C(OC)c2cc(C3CCc4ccc(CC(C)C(=O)O)cc4O3)ccc2-c2cc(OC)ncc2F)c1. The maximum Gasteiger partial charge on any atom is 0.306 e. The zero-order valence-electron chi connectivity index (χ0n) is 40.4. The van der Waals surface area contributed by atoms with Gasteiger partial charge < -0.3 is 33.9 Å². The van der Waals surface area contributed by atoms with Gasteiger partial charge in [-0.3, -0.25) is 19.6 Å². The van der Waals surface area contributed by atoms with Crippen LogP contribution in [0.2, 0.25) is 0 Å². The molecule has 12 nitrogen and oxygen atoms in total. The van der Waals surface area contributed by atoms with Crippen molar-refractivity contribution in [1.82, 2.24) is 15.0 Å². The minimum Gasteiger partial charge on any atom is -0.497 e. The molecule has 6 aromatic rings. The molecule has 0 saturated heterocycles. The highest BCUT2D eigenvalue weighted by atomic mass is 19.1. The molecule has 0 radical (unpaired) electrons. The van der Waals surface area contributed by atoms with Gasteiger partial charge in [0.05, 0.1) is 62.1 Å². The zero-order chi connectivity index (χ0) is 49.7. The minimum atomic E-state index is -0.861. The van der Waals surface area contributed by atoms with Gasteiger partial charge in [-0.05, 0) is 150 Å². The Labute approximate surface area is 411 Å². The molecule has 14 heteroatoms. The Balaban J connectivity index is 0.921. The Morgan fingerprint density at radius 1 is 0.746 bits per heavy atom. The van der Waals surface area contributed by atoms with Crippen LogP contribution in [-0.2, 0) is 33.6 Å². The first-order chi connectivity index (χ1) is 34.3. The molecule has 4 aliphatic rings. The van der Waals surface area contributed by atoms with Crippen LogP contribution >= 0.6 is 0 Å². The first-order valence-electron chi connectivity index (χ1n) is 24.4. The molecule has 10 rings (SSSR count). The lowest BCUT2D eigenvalue weighted by atomic mass is 9.82. The maximum absolute atomic E-state index is 17.1. The van der Waals surface area contributed by atoms with Gasteiger partial charge >= 0.3 is 11.9 Å². The smallest absolute Gasteiger partial charge is 0.306 e. The molecule has 2 aliphatic heterocycles. The number of ether oxygens (including phenoxy) is 5. The molecule has 2 N–H and O–H groups in total. The van der Waals surface area contributed by atoms with Gasteiger partial charge in [-0.15, -0.1) is 0 Å². The summed E-state index contributed by atoms with van der Waals surface area (Å²) in [5.41, 5.74) is 7.98. The van der Waals surface area contributed by atoms with Crippen LogP contribution in [0.3, 0.4) is 0 Å². The van der Waals surface area contributed by atoms with Crippen LogP contribution in [0.1, 0.15) is 121 Å². The van der Waals surface area contributed by atoms with E-state index in [4.69, 9.17) is 33.7 Å². The molecule has 8 atom stereocenters.